The van der Waals surface area contributed by atoms with Gasteiger partial charge in [-0.1, -0.05) is 19.3 Å². The standard InChI is InChI=1S/C12H19N5/c13-12-16-10-7-14-6-9(10)11(17-12)15-8-4-2-1-3-5-8/h8,14H,1-7H2,(H3,13,15,16,17). The van der Waals surface area contributed by atoms with E-state index >= 15 is 0 Å². The molecule has 2 aliphatic rings. The molecule has 3 rings (SSSR count). The Balaban J connectivity index is 1.82. The van der Waals surface area contributed by atoms with Crippen molar-refractivity contribution in [3.8, 4) is 0 Å². The van der Waals surface area contributed by atoms with Gasteiger partial charge in [0.05, 0.1) is 5.69 Å². The van der Waals surface area contributed by atoms with Gasteiger partial charge in [-0.15, -0.1) is 0 Å². The van der Waals surface area contributed by atoms with Crippen LogP contribution in [0, 0.1) is 0 Å². The molecule has 0 atom stereocenters. The molecule has 0 amide bonds. The van der Waals surface area contributed by atoms with Gasteiger partial charge in [-0.25, -0.2) is 4.98 Å². The molecule has 1 aliphatic heterocycles. The summed E-state index contributed by atoms with van der Waals surface area (Å²) in [5.41, 5.74) is 8.00. The fourth-order valence-corrected chi connectivity index (χ4v) is 2.75. The molecule has 0 radical (unpaired) electrons. The van der Waals surface area contributed by atoms with Crippen molar-refractivity contribution in [2.24, 2.45) is 0 Å². The van der Waals surface area contributed by atoms with Crippen molar-refractivity contribution in [2.75, 3.05) is 11.1 Å². The first-order valence-electron chi connectivity index (χ1n) is 6.45. The number of nitrogens with two attached hydrogens (primary N) is 1. The van der Waals surface area contributed by atoms with Crippen LogP contribution in [-0.4, -0.2) is 16.0 Å². The zero-order valence-corrected chi connectivity index (χ0v) is 10.00. The number of anilines is 2. The molecular weight excluding hydrogens is 214 g/mol. The highest BCUT2D eigenvalue weighted by molar-refractivity contribution is 5.51. The molecule has 1 aromatic heterocycles. The lowest BCUT2D eigenvalue weighted by atomic mass is 9.95. The second-order valence-corrected chi connectivity index (χ2v) is 4.94. The largest absolute Gasteiger partial charge is 0.368 e. The van der Waals surface area contributed by atoms with Crippen LogP contribution in [0.5, 0.6) is 0 Å². The van der Waals surface area contributed by atoms with E-state index in [0.717, 1.165) is 24.6 Å². The number of nitrogen functional groups attached to an aromatic ring is 1. The molecule has 5 heteroatoms. The van der Waals surface area contributed by atoms with E-state index < -0.39 is 0 Å². The third-order valence-corrected chi connectivity index (χ3v) is 3.65. The molecule has 0 spiro atoms. The maximum Gasteiger partial charge on any atom is 0.222 e. The summed E-state index contributed by atoms with van der Waals surface area (Å²) in [7, 11) is 0. The van der Waals surface area contributed by atoms with Crippen LogP contribution in [0.3, 0.4) is 0 Å². The summed E-state index contributed by atoms with van der Waals surface area (Å²) in [5, 5.41) is 6.85. The second kappa shape index (κ2) is 4.49. The SMILES string of the molecule is Nc1nc2c(c(NC3CCCCC3)n1)CNC2. The quantitative estimate of drug-likeness (QED) is 0.720. The van der Waals surface area contributed by atoms with E-state index in [1.807, 2.05) is 0 Å². The summed E-state index contributed by atoms with van der Waals surface area (Å²) in [6.07, 6.45) is 6.49. The summed E-state index contributed by atoms with van der Waals surface area (Å²) in [6, 6.07) is 0.558. The molecule has 0 unspecified atom stereocenters. The Bertz CT molecular complexity index is 412. The number of nitrogens with one attached hydrogen (secondary N) is 2. The third kappa shape index (κ3) is 2.20. The fourth-order valence-electron chi connectivity index (χ4n) is 2.75. The molecule has 92 valence electrons. The highest BCUT2D eigenvalue weighted by Crippen LogP contribution is 2.26. The number of rotatable bonds is 2. The number of aromatic nitrogens is 2. The number of hydrogen-bond acceptors (Lipinski definition) is 5. The van der Waals surface area contributed by atoms with Gasteiger partial charge in [-0.3, -0.25) is 0 Å². The van der Waals surface area contributed by atoms with Gasteiger partial charge in [0.25, 0.3) is 0 Å². The summed E-state index contributed by atoms with van der Waals surface area (Å²) in [4.78, 5) is 8.63. The number of fused-ring (bicyclic) bond motifs is 1. The van der Waals surface area contributed by atoms with Crippen molar-refractivity contribution in [2.45, 2.75) is 51.2 Å². The van der Waals surface area contributed by atoms with Crippen LogP contribution >= 0.6 is 0 Å². The zero-order chi connectivity index (χ0) is 11.7. The molecule has 0 bridgehead atoms. The first-order valence-corrected chi connectivity index (χ1v) is 6.45. The maximum absolute atomic E-state index is 5.75. The van der Waals surface area contributed by atoms with Gasteiger partial charge < -0.3 is 16.4 Å². The maximum atomic E-state index is 5.75. The number of hydrogen-bond donors (Lipinski definition) is 3. The number of nitrogens with zero attached hydrogens (tertiary/aromatic N) is 2. The average Bonchev–Trinajstić information content (AvgIpc) is 2.78. The van der Waals surface area contributed by atoms with Crippen LogP contribution in [0.15, 0.2) is 0 Å². The van der Waals surface area contributed by atoms with Gasteiger partial charge in [0.15, 0.2) is 0 Å². The molecular formula is C12H19N5. The minimum absolute atomic E-state index is 0.380. The Morgan fingerprint density at radius 1 is 1.12 bits per heavy atom. The highest BCUT2D eigenvalue weighted by atomic mass is 15.1. The van der Waals surface area contributed by atoms with E-state index in [9.17, 15) is 0 Å². The Kier molecular flexibility index (Phi) is 2.84. The highest BCUT2D eigenvalue weighted by Gasteiger charge is 2.21. The van der Waals surface area contributed by atoms with E-state index in [2.05, 4.69) is 20.6 Å². The Morgan fingerprint density at radius 2 is 1.94 bits per heavy atom. The van der Waals surface area contributed by atoms with Crippen molar-refractivity contribution in [3.05, 3.63) is 11.3 Å². The van der Waals surface area contributed by atoms with Crippen LogP contribution in [0.2, 0.25) is 0 Å². The monoisotopic (exact) mass is 233 g/mol. The summed E-state index contributed by atoms with van der Waals surface area (Å²) in [6.45, 7) is 1.66. The predicted octanol–water partition coefficient (Wildman–Crippen LogP) is 1.41. The normalized spacial score (nSPS) is 20.2. The smallest absolute Gasteiger partial charge is 0.222 e. The Labute approximate surface area is 101 Å². The van der Waals surface area contributed by atoms with Gasteiger partial charge in [0.2, 0.25) is 5.95 Å². The summed E-state index contributed by atoms with van der Waals surface area (Å²) >= 11 is 0. The molecule has 5 nitrogen and oxygen atoms in total. The van der Waals surface area contributed by atoms with E-state index in [4.69, 9.17) is 5.73 Å². The molecule has 1 fully saturated rings. The van der Waals surface area contributed by atoms with Crippen LogP contribution < -0.4 is 16.4 Å². The zero-order valence-electron chi connectivity index (χ0n) is 10.00. The molecule has 4 N–H and O–H groups in total. The lowest BCUT2D eigenvalue weighted by Crippen LogP contribution is -2.24. The van der Waals surface area contributed by atoms with Gasteiger partial charge in [-0.2, -0.15) is 4.98 Å². The molecule has 17 heavy (non-hydrogen) atoms. The van der Waals surface area contributed by atoms with E-state index in [1.165, 1.54) is 37.7 Å². The van der Waals surface area contributed by atoms with Crippen LogP contribution in [0.1, 0.15) is 43.4 Å². The second-order valence-electron chi connectivity index (χ2n) is 4.94. The topological polar surface area (TPSA) is 75.9 Å². The van der Waals surface area contributed by atoms with Crippen molar-refractivity contribution in [1.82, 2.24) is 15.3 Å². The molecule has 0 aromatic carbocycles. The summed E-state index contributed by atoms with van der Waals surface area (Å²) < 4.78 is 0. The van der Waals surface area contributed by atoms with E-state index in [-0.39, 0.29) is 0 Å². The van der Waals surface area contributed by atoms with Crippen molar-refractivity contribution < 1.29 is 0 Å². The van der Waals surface area contributed by atoms with E-state index in [1.54, 1.807) is 0 Å². The average molecular weight is 233 g/mol. The lowest BCUT2D eigenvalue weighted by Gasteiger charge is -2.24. The first kappa shape index (κ1) is 10.8. The van der Waals surface area contributed by atoms with Gasteiger partial charge in [0.1, 0.15) is 5.82 Å². The minimum Gasteiger partial charge on any atom is -0.368 e. The van der Waals surface area contributed by atoms with Gasteiger partial charge >= 0.3 is 0 Å². The van der Waals surface area contributed by atoms with Crippen molar-refractivity contribution >= 4 is 11.8 Å². The molecule has 2 heterocycles. The fraction of sp³-hybridized carbons (Fsp3) is 0.667. The lowest BCUT2D eigenvalue weighted by molar-refractivity contribution is 0.461. The Morgan fingerprint density at radius 3 is 2.76 bits per heavy atom. The molecule has 1 saturated carbocycles. The van der Waals surface area contributed by atoms with Gasteiger partial charge in [0, 0.05) is 24.7 Å². The van der Waals surface area contributed by atoms with Crippen molar-refractivity contribution in [1.29, 1.82) is 0 Å². The predicted molar refractivity (Wildman–Crippen MR) is 67.5 cm³/mol. The minimum atomic E-state index is 0.380. The van der Waals surface area contributed by atoms with Crippen LogP contribution in [0.4, 0.5) is 11.8 Å². The Hall–Kier alpha value is -1.36. The van der Waals surface area contributed by atoms with Crippen LogP contribution in [0.25, 0.3) is 0 Å². The molecule has 1 aromatic rings. The molecule has 1 aliphatic carbocycles. The van der Waals surface area contributed by atoms with E-state index in [0.29, 0.717) is 12.0 Å². The van der Waals surface area contributed by atoms with Crippen molar-refractivity contribution in [3.63, 3.8) is 0 Å². The first-order chi connectivity index (χ1) is 8.33. The third-order valence-electron chi connectivity index (χ3n) is 3.65. The molecule has 0 saturated heterocycles. The summed E-state index contributed by atoms with van der Waals surface area (Å²) in [5.74, 6) is 1.33. The van der Waals surface area contributed by atoms with Gasteiger partial charge in [-0.05, 0) is 12.8 Å². The van der Waals surface area contributed by atoms with Crippen LogP contribution in [-0.2, 0) is 13.1 Å².